The number of aromatic nitrogens is 3. The molecule has 90 valence electrons. The van der Waals surface area contributed by atoms with E-state index >= 15 is 0 Å². The summed E-state index contributed by atoms with van der Waals surface area (Å²) >= 11 is 0. The highest BCUT2D eigenvalue weighted by atomic mass is 15.3. The van der Waals surface area contributed by atoms with E-state index in [1.807, 2.05) is 16.8 Å². The molecule has 2 aromatic heterocycles. The van der Waals surface area contributed by atoms with E-state index in [-0.39, 0.29) is 6.04 Å². The van der Waals surface area contributed by atoms with Gasteiger partial charge >= 0.3 is 0 Å². The molecule has 0 radical (unpaired) electrons. The van der Waals surface area contributed by atoms with E-state index in [0.717, 1.165) is 31.1 Å². The molecule has 0 aliphatic carbocycles. The van der Waals surface area contributed by atoms with Crippen molar-refractivity contribution in [3.63, 3.8) is 0 Å². The van der Waals surface area contributed by atoms with Crippen molar-refractivity contribution in [2.45, 2.75) is 13.0 Å². The van der Waals surface area contributed by atoms with Gasteiger partial charge in [-0.3, -0.25) is 0 Å². The molecule has 1 fully saturated rings. The molecule has 1 N–H and O–H groups in total. The molecule has 1 saturated heterocycles. The Balaban J connectivity index is 1.94. The molecule has 2 aromatic rings. The number of pyridine rings is 1. The van der Waals surface area contributed by atoms with E-state index in [2.05, 4.69) is 40.3 Å². The van der Waals surface area contributed by atoms with Crippen LogP contribution in [0.25, 0.3) is 5.65 Å². The fourth-order valence-electron chi connectivity index (χ4n) is 2.22. The van der Waals surface area contributed by atoms with Crippen molar-refractivity contribution >= 4 is 5.65 Å². The fourth-order valence-corrected chi connectivity index (χ4v) is 2.22. The average molecular weight is 231 g/mol. The van der Waals surface area contributed by atoms with Crippen LogP contribution in [0.5, 0.6) is 0 Å². The zero-order valence-corrected chi connectivity index (χ0v) is 10.2. The summed E-state index contributed by atoms with van der Waals surface area (Å²) in [4.78, 5) is 6.90. The topological polar surface area (TPSA) is 45.5 Å². The minimum atomic E-state index is 0.244. The van der Waals surface area contributed by atoms with Crippen LogP contribution < -0.4 is 5.32 Å². The number of nitrogens with one attached hydrogen (secondary N) is 1. The molecule has 1 atom stereocenters. The van der Waals surface area contributed by atoms with Crippen LogP contribution in [0.1, 0.15) is 17.4 Å². The van der Waals surface area contributed by atoms with Crippen molar-refractivity contribution in [1.29, 1.82) is 0 Å². The first-order valence-corrected chi connectivity index (χ1v) is 5.97. The Kier molecular flexibility index (Phi) is 2.57. The standard InChI is InChI=1S/C12H17N5/c1-9-3-5-17-11(7-9)14-12(15-17)10-8-16(2)6-4-13-10/h3,5,7,10,13H,4,6,8H2,1-2H3. The van der Waals surface area contributed by atoms with Crippen LogP contribution in [0.15, 0.2) is 18.3 Å². The van der Waals surface area contributed by atoms with Crippen molar-refractivity contribution in [3.05, 3.63) is 29.7 Å². The predicted molar refractivity (Wildman–Crippen MR) is 66.0 cm³/mol. The summed E-state index contributed by atoms with van der Waals surface area (Å²) in [5.74, 6) is 0.891. The Labute approximate surface area is 100 Å². The minimum absolute atomic E-state index is 0.244. The van der Waals surface area contributed by atoms with Crippen LogP contribution in [0.4, 0.5) is 0 Å². The Hall–Kier alpha value is -1.46. The van der Waals surface area contributed by atoms with Gasteiger partial charge in [0.2, 0.25) is 0 Å². The first-order valence-electron chi connectivity index (χ1n) is 5.97. The molecule has 17 heavy (non-hydrogen) atoms. The van der Waals surface area contributed by atoms with E-state index < -0.39 is 0 Å². The Bertz CT molecular complexity index is 533. The molecule has 3 rings (SSSR count). The molecule has 5 heteroatoms. The number of likely N-dealkylation sites (N-methyl/N-ethyl adjacent to an activating group) is 1. The second-order valence-electron chi connectivity index (χ2n) is 4.75. The summed E-state index contributed by atoms with van der Waals surface area (Å²) in [5.41, 5.74) is 2.14. The smallest absolute Gasteiger partial charge is 0.169 e. The summed E-state index contributed by atoms with van der Waals surface area (Å²) in [6.07, 6.45) is 1.97. The summed E-state index contributed by atoms with van der Waals surface area (Å²) in [7, 11) is 2.13. The van der Waals surface area contributed by atoms with Gasteiger partial charge < -0.3 is 10.2 Å². The third kappa shape index (κ3) is 2.03. The highest BCUT2D eigenvalue weighted by Crippen LogP contribution is 2.14. The van der Waals surface area contributed by atoms with E-state index in [1.54, 1.807) is 0 Å². The lowest BCUT2D eigenvalue weighted by Gasteiger charge is -2.28. The summed E-state index contributed by atoms with van der Waals surface area (Å²) in [6.45, 7) is 5.12. The maximum atomic E-state index is 4.59. The Morgan fingerprint density at radius 2 is 2.35 bits per heavy atom. The molecular formula is C12H17N5. The molecule has 3 heterocycles. The van der Waals surface area contributed by atoms with Gasteiger partial charge in [0, 0.05) is 25.8 Å². The van der Waals surface area contributed by atoms with Gasteiger partial charge in [0.15, 0.2) is 11.5 Å². The SMILES string of the molecule is Cc1ccn2nc(C3CN(C)CCN3)nc2c1. The number of hydrogen-bond donors (Lipinski definition) is 1. The van der Waals surface area contributed by atoms with Gasteiger partial charge in [0.05, 0.1) is 6.04 Å². The zero-order valence-electron chi connectivity index (χ0n) is 10.2. The van der Waals surface area contributed by atoms with Gasteiger partial charge in [-0.15, -0.1) is 5.10 Å². The molecule has 0 amide bonds. The van der Waals surface area contributed by atoms with E-state index in [9.17, 15) is 0 Å². The predicted octanol–water partition coefficient (Wildman–Crippen LogP) is 0.614. The monoisotopic (exact) mass is 231 g/mol. The van der Waals surface area contributed by atoms with Crippen LogP contribution in [-0.2, 0) is 0 Å². The first kappa shape index (κ1) is 10.7. The number of aryl methyl sites for hydroxylation is 1. The molecule has 1 aliphatic rings. The van der Waals surface area contributed by atoms with Gasteiger partial charge in [0.25, 0.3) is 0 Å². The molecule has 1 aliphatic heterocycles. The summed E-state index contributed by atoms with van der Waals surface area (Å²) in [5, 5.41) is 7.99. The quantitative estimate of drug-likeness (QED) is 0.781. The normalized spacial score (nSPS) is 22.1. The van der Waals surface area contributed by atoms with Crippen molar-refractivity contribution in [3.8, 4) is 0 Å². The lowest BCUT2D eigenvalue weighted by atomic mass is 10.2. The van der Waals surface area contributed by atoms with Crippen molar-refractivity contribution in [2.24, 2.45) is 0 Å². The van der Waals surface area contributed by atoms with E-state index in [0.29, 0.717) is 0 Å². The molecular weight excluding hydrogens is 214 g/mol. The molecule has 0 spiro atoms. The third-order valence-corrected chi connectivity index (χ3v) is 3.20. The fraction of sp³-hybridized carbons (Fsp3) is 0.500. The number of rotatable bonds is 1. The second kappa shape index (κ2) is 4.09. The number of hydrogen-bond acceptors (Lipinski definition) is 4. The minimum Gasteiger partial charge on any atom is -0.305 e. The van der Waals surface area contributed by atoms with Crippen molar-refractivity contribution in [1.82, 2.24) is 24.8 Å². The molecule has 0 saturated carbocycles. The molecule has 1 unspecified atom stereocenters. The van der Waals surface area contributed by atoms with Gasteiger partial charge in [-0.1, -0.05) is 0 Å². The lowest BCUT2D eigenvalue weighted by Crippen LogP contribution is -2.44. The van der Waals surface area contributed by atoms with Crippen LogP contribution in [0.2, 0.25) is 0 Å². The molecule has 0 aromatic carbocycles. The van der Waals surface area contributed by atoms with Gasteiger partial charge in [0.1, 0.15) is 0 Å². The van der Waals surface area contributed by atoms with Crippen LogP contribution in [0, 0.1) is 6.92 Å². The second-order valence-corrected chi connectivity index (χ2v) is 4.75. The summed E-state index contributed by atoms with van der Waals surface area (Å²) in [6, 6.07) is 4.35. The maximum Gasteiger partial charge on any atom is 0.169 e. The highest BCUT2D eigenvalue weighted by molar-refractivity contribution is 5.40. The molecule has 0 bridgehead atoms. The van der Waals surface area contributed by atoms with Crippen LogP contribution in [0.3, 0.4) is 0 Å². The number of fused-ring (bicyclic) bond motifs is 1. The van der Waals surface area contributed by atoms with Gasteiger partial charge in [-0.05, 0) is 31.7 Å². The Morgan fingerprint density at radius 1 is 1.47 bits per heavy atom. The van der Waals surface area contributed by atoms with Gasteiger partial charge in [-0.25, -0.2) is 9.50 Å². The number of piperazine rings is 1. The maximum absolute atomic E-state index is 4.59. The number of nitrogens with zero attached hydrogens (tertiary/aromatic N) is 4. The van der Waals surface area contributed by atoms with E-state index in [4.69, 9.17) is 0 Å². The van der Waals surface area contributed by atoms with Gasteiger partial charge in [-0.2, -0.15) is 0 Å². The van der Waals surface area contributed by atoms with Crippen LogP contribution in [-0.4, -0.2) is 46.2 Å². The Morgan fingerprint density at radius 3 is 3.18 bits per heavy atom. The summed E-state index contributed by atoms with van der Waals surface area (Å²) < 4.78 is 1.85. The zero-order chi connectivity index (χ0) is 11.8. The highest BCUT2D eigenvalue weighted by Gasteiger charge is 2.21. The van der Waals surface area contributed by atoms with Crippen molar-refractivity contribution in [2.75, 3.05) is 26.7 Å². The molecule has 5 nitrogen and oxygen atoms in total. The lowest BCUT2D eigenvalue weighted by molar-refractivity contribution is 0.235. The average Bonchev–Trinajstić information content (AvgIpc) is 2.72. The van der Waals surface area contributed by atoms with E-state index in [1.165, 1.54) is 5.56 Å². The van der Waals surface area contributed by atoms with Crippen LogP contribution >= 0.6 is 0 Å². The van der Waals surface area contributed by atoms with Crippen molar-refractivity contribution < 1.29 is 0 Å². The third-order valence-electron chi connectivity index (χ3n) is 3.20. The first-order chi connectivity index (χ1) is 8.22. The largest absolute Gasteiger partial charge is 0.305 e.